The predicted molar refractivity (Wildman–Crippen MR) is 73.4 cm³/mol. The molecular weight excluding hydrogens is 212 g/mol. The largest absolute Gasteiger partial charge is 0.381 e. The van der Waals surface area contributed by atoms with Crippen LogP contribution in [0.2, 0.25) is 0 Å². The first-order valence-corrected chi connectivity index (χ1v) is 7.27. The van der Waals surface area contributed by atoms with Crippen molar-refractivity contribution in [3.05, 3.63) is 0 Å². The van der Waals surface area contributed by atoms with Gasteiger partial charge in [0.15, 0.2) is 0 Å². The Labute approximate surface area is 107 Å². The molecule has 1 N–H and O–H groups in total. The van der Waals surface area contributed by atoms with Gasteiger partial charge in [0.05, 0.1) is 6.61 Å². The van der Waals surface area contributed by atoms with Crippen molar-refractivity contribution in [1.29, 1.82) is 0 Å². The maximum atomic E-state index is 5.37. The van der Waals surface area contributed by atoms with Crippen LogP contribution in [0.3, 0.4) is 0 Å². The number of hydrogen-bond acceptors (Lipinski definition) is 3. The lowest BCUT2D eigenvalue weighted by molar-refractivity contribution is 0.184. The molecule has 0 aromatic heterocycles. The zero-order chi connectivity index (χ0) is 12.5. The summed E-state index contributed by atoms with van der Waals surface area (Å²) in [6, 6.07) is 0. The van der Waals surface area contributed by atoms with Gasteiger partial charge in [-0.1, -0.05) is 27.2 Å². The highest BCUT2D eigenvalue weighted by atomic mass is 16.5. The summed E-state index contributed by atoms with van der Waals surface area (Å²) in [7, 11) is 0. The third kappa shape index (κ3) is 6.39. The number of nitrogens with one attached hydrogen (secondary N) is 1. The number of rotatable bonds is 9. The third-order valence-corrected chi connectivity index (χ3v) is 3.78. The SMILES string of the molecule is CCC(C)CN(CC)CCNCC1CCOC1. The van der Waals surface area contributed by atoms with Gasteiger partial charge in [0.1, 0.15) is 0 Å². The van der Waals surface area contributed by atoms with E-state index in [0.717, 1.165) is 38.1 Å². The van der Waals surface area contributed by atoms with E-state index in [1.165, 1.54) is 32.5 Å². The highest BCUT2D eigenvalue weighted by Gasteiger charge is 2.14. The monoisotopic (exact) mass is 242 g/mol. The van der Waals surface area contributed by atoms with E-state index in [2.05, 4.69) is 31.0 Å². The second kappa shape index (κ2) is 8.90. The molecule has 0 saturated carbocycles. The summed E-state index contributed by atoms with van der Waals surface area (Å²) in [4.78, 5) is 2.55. The molecule has 0 aromatic carbocycles. The molecule has 1 aliphatic heterocycles. The van der Waals surface area contributed by atoms with Gasteiger partial charge >= 0.3 is 0 Å². The smallest absolute Gasteiger partial charge is 0.0507 e. The highest BCUT2D eigenvalue weighted by Crippen LogP contribution is 2.10. The molecule has 2 atom stereocenters. The summed E-state index contributed by atoms with van der Waals surface area (Å²) >= 11 is 0. The molecule has 102 valence electrons. The van der Waals surface area contributed by atoms with Gasteiger partial charge < -0.3 is 15.0 Å². The van der Waals surface area contributed by atoms with Gasteiger partial charge in [-0.25, -0.2) is 0 Å². The van der Waals surface area contributed by atoms with Gasteiger partial charge in [-0.3, -0.25) is 0 Å². The molecule has 1 heterocycles. The van der Waals surface area contributed by atoms with Gasteiger partial charge in [0.2, 0.25) is 0 Å². The van der Waals surface area contributed by atoms with Crippen molar-refractivity contribution in [2.45, 2.75) is 33.6 Å². The van der Waals surface area contributed by atoms with Crippen LogP contribution >= 0.6 is 0 Å². The zero-order valence-electron chi connectivity index (χ0n) is 11.9. The van der Waals surface area contributed by atoms with Crippen molar-refractivity contribution in [3.63, 3.8) is 0 Å². The first-order valence-electron chi connectivity index (χ1n) is 7.27. The molecular formula is C14H30N2O. The van der Waals surface area contributed by atoms with E-state index in [-0.39, 0.29) is 0 Å². The Morgan fingerprint density at radius 1 is 1.41 bits per heavy atom. The molecule has 17 heavy (non-hydrogen) atoms. The summed E-state index contributed by atoms with van der Waals surface area (Å²) in [6.45, 7) is 14.6. The molecule has 1 fully saturated rings. The lowest BCUT2D eigenvalue weighted by Gasteiger charge is -2.24. The molecule has 0 radical (unpaired) electrons. The van der Waals surface area contributed by atoms with Crippen LogP contribution in [0.25, 0.3) is 0 Å². The Kier molecular flexibility index (Phi) is 7.82. The van der Waals surface area contributed by atoms with Crippen LogP contribution in [0.4, 0.5) is 0 Å². The predicted octanol–water partition coefficient (Wildman–Crippen LogP) is 1.98. The van der Waals surface area contributed by atoms with Crippen LogP contribution in [0.5, 0.6) is 0 Å². The summed E-state index contributed by atoms with van der Waals surface area (Å²) < 4.78 is 5.37. The number of likely N-dealkylation sites (N-methyl/N-ethyl adjacent to an activating group) is 1. The van der Waals surface area contributed by atoms with Crippen molar-refractivity contribution in [2.24, 2.45) is 11.8 Å². The highest BCUT2D eigenvalue weighted by molar-refractivity contribution is 4.68. The maximum Gasteiger partial charge on any atom is 0.0507 e. The van der Waals surface area contributed by atoms with Crippen molar-refractivity contribution >= 4 is 0 Å². The minimum absolute atomic E-state index is 0.750. The molecule has 3 heteroatoms. The minimum Gasteiger partial charge on any atom is -0.381 e. The van der Waals surface area contributed by atoms with Crippen molar-refractivity contribution in [3.8, 4) is 0 Å². The molecule has 0 aromatic rings. The normalized spacial score (nSPS) is 22.2. The minimum atomic E-state index is 0.750. The van der Waals surface area contributed by atoms with E-state index in [1.807, 2.05) is 0 Å². The van der Waals surface area contributed by atoms with Gasteiger partial charge in [-0.05, 0) is 24.8 Å². The van der Waals surface area contributed by atoms with Crippen molar-refractivity contribution in [1.82, 2.24) is 10.2 Å². The number of hydrogen-bond donors (Lipinski definition) is 1. The lowest BCUT2D eigenvalue weighted by atomic mass is 10.1. The summed E-state index contributed by atoms with van der Waals surface area (Å²) in [6.07, 6.45) is 2.51. The molecule has 3 nitrogen and oxygen atoms in total. The van der Waals surface area contributed by atoms with Crippen LogP contribution in [0.15, 0.2) is 0 Å². The van der Waals surface area contributed by atoms with Crippen LogP contribution in [0, 0.1) is 11.8 Å². The Bertz CT molecular complexity index is 181. The average Bonchev–Trinajstić information content (AvgIpc) is 2.85. The third-order valence-electron chi connectivity index (χ3n) is 3.78. The fourth-order valence-corrected chi connectivity index (χ4v) is 2.24. The van der Waals surface area contributed by atoms with Crippen molar-refractivity contribution < 1.29 is 4.74 Å². The second-order valence-corrected chi connectivity index (χ2v) is 5.34. The fourth-order valence-electron chi connectivity index (χ4n) is 2.24. The van der Waals surface area contributed by atoms with Gasteiger partial charge in [-0.15, -0.1) is 0 Å². The molecule has 0 amide bonds. The molecule has 1 aliphatic rings. The summed E-state index contributed by atoms with van der Waals surface area (Å²) in [5.74, 6) is 1.57. The number of ether oxygens (including phenoxy) is 1. The number of nitrogens with zero attached hydrogens (tertiary/aromatic N) is 1. The molecule has 0 spiro atoms. The molecule has 0 bridgehead atoms. The van der Waals surface area contributed by atoms with Crippen LogP contribution in [-0.2, 0) is 4.74 Å². The van der Waals surface area contributed by atoms with E-state index in [4.69, 9.17) is 4.74 Å². The van der Waals surface area contributed by atoms with Gasteiger partial charge in [0, 0.05) is 32.8 Å². The lowest BCUT2D eigenvalue weighted by Crippen LogP contribution is -2.36. The van der Waals surface area contributed by atoms with E-state index in [1.54, 1.807) is 0 Å². The van der Waals surface area contributed by atoms with E-state index in [0.29, 0.717) is 0 Å². The first kappa shape index (κ1) is 14.9. The molecule has 0 aliphatic carbocycles. The quantitative estimate of drug-likeness (QED) is 0.626. The van der Waals surface area contributed by atoms with Gasteiger partial charge in [-0.2, -0.15) is 0 Å². The Morgan fingerprint density at radius 3 is 2.82 bits per heavy atom. The van der Waals surface area contributed by atoms with Crippen LogP contribution in [0.1, 0.15) is 33.6 Å². The van der Waals surface area contributed by atoms with Crippen LogP contribution in [-0.4, -0.2) is 50.8 Å². The van der Waals surface area contributed by atoms with Gasteiger partial charge in [0.25, 0.3) is 0 Å². The second-order valence-electron chi connectivity index (χ2n) is 5.34. The maximum absolute atomic E-state index is 5.37. The standard InChI is InChI=1S/C14H30N2O/c1-4-13(3)11-16(5-2)8-7-15-10-14-6-9-17-12-14/h13-15H,4-12H2,1-3H3. The first-order chi connectivity index (χ1) is 8.26. The summed E-state index contributed by atoms with van der Waals surface area (Å²) in [5, 5.41) is 3.56. The molecule has 2 unspecified atom stereocenters. The van der Waals surface area contributed by atoms with Crippen molar-refractivity contribution in [2.75, 3.05) is 45.9 Å². The topological polar surface area (TPSA) is 24.5 Å². The Hall–Kier alpha value is -0.120. The molecule has 1 saturated heterocycles. The molecule has 1 rings (SSSR count). The fraction of sp³-hybridized carbons (Fsp3) is 1.00. The zero-order valence-corrected chi connectivity index (χ0v) is 11.9. The van der Waals surface area contributed by atoms with E-state index < -0.39 is 0 Å². The van der Waals surface area contributed by atoms with Crippen LogP contribution < -0.4 is 5.32 Å². The van der Waals surface area contributed by atoms with E-state index in [9.17, 15) is 0 Å². The average molecular weight is 242 g/mol. The summed E-state index contributed by atoms with van der Waals surface area (Å²) in [5.41, 5.74) is 0. The Balaban J connectivity index is 2.02. The van der Waals surface area contributed by atoms with E-state index >= 15 is 0 Å². The Morgan fingerprint density at radius 2 is 2.24 bits per heavy atom.